The van der Waals surface area contributed by atoms with E-state index in [0.717, 1.165) is 87.8 Å². The highest BCUT2D eigenvalue weighted by atomic mass is 32.1. The van der Waals surface area contributed by atoms with Crippen molar-refractivity contribution in [2.75, 3.05) is 50.8 Å². The van der Waals surface area contributed by atoms with Crippen LogP contribution in [0.2, 0.25) is 0 Å². The number of aromatic nitrogens is 2. The average molecular weight is 417 g/mol. The number of nitrogens with one attached hydrogen (secondary N) is 1. The van der Waals surface area contributed by atoms with Gasteiger partial charge in [0, 0.05) is 57.2 Å². The number of benzene rings is 1. The minimum Gasteiger partial charge on any atom is -0.494 e. The summed E-state index contributed by atoms with van der Waals surface area (Å²) in [5.74, 6) is 2.89. The van der Waals surface area contributed by atoms with Gasteiger partial charge in [0.25, 0.3) is 0 Å². The summed E-state index contributed by atoms with van der Waals surface area (Å²) in [7, 11) is 0. The van der Waals surface area contributed by atoms with Crippen LogP contribution < -0.4 is 15.0 Å². The summed E-state index contributed by atoms with van der Waals surface area (Å²) in [6.07, 6.45) is 2.92. The lowest BCUT2D eigenvalue weighted by atomic mass is 10.3. The molecule has 0 amide bonds. The maximum absolute atomic E-state index is 5.75. The number of aryl methyl sites for hydroxylation is 1. The summed E-state index contributed by atoms with van der Waals surface area (Å²) in [5, 5.41) is 4.48. The Bertz CT molecular complexity index is 743. The van der Waals surface area contributed by atoms with Gasteiger partial charge in [0.2, 0.25) is 5.13 Å². The summed E-state index contributed by atoms with van der Waals surface area (Å²) in [6, 6.07) is 9.98. The zero-order valence-corrected chi connectivity index (χ0v) is 18.3. The Morgan fingerprint density at radius 3 is 2.62 bits per heavy atom. The molecule has 0 aliphatic carbocycles. The van der Waals surface area contributed by atoms with Crippen molar-refractivity contribution in [3.63, 3.8) is 0 Å². The highest BCUT2D eigenvalue weighted by molar-refractivity contribution is 7.09. The molecular formula is C21H32N6OS. The van der Waals surface area contributed by atoms with Crippen LogP contribution in [0.1, 0.15) is 32.5 Å². The quantitative estimate of drug-likeness (QED) is 0.385. The molecule has 1 aromatic heterocycles. The van der Waals surface area contributed by atoms with Gasteiger partial charge in [0.1, 0.15) is 11.6 Å². The minimum absolute atomic E-state index is 0.732. The molecule has 0 saturated carbocycles. The largest absolute Gasteiger partial charge is 0.494 e. The van der Waals surface area contributed by atoms with E-state index in [4.69, 9.17) is 9.73 Å². The number of guanidine groups is 1. The Kier molecular flexibility index (Phi) is 8.55. The van der Waals surface area contributed by atoms with Gasteiger partial charge in [-0.15, -0.1) is 0 Å². The Morgan fingerprint density at radius 2 is 1.93 bits per heavy atom. The summed E-state index contributed by atoms with van der Waals surface area (Å²) < 4.78 is 10.2. The number of hydrogen-bond donors (Lipinski definition) is 1. The minimum atomic E-state index is 0.732. The third kappa shape index (κ3) is 6.59. The molecule has 1 N–H and O–H groups in total. The molecule has 2 heterocycles. The molecule has 0 bridgehead atoms. The molecule has 2 aromatic rings. The Balaban J connectivity index is 1.40. The van der Waals surface area contributed by atoms with Crippen LogP contribution in [0.15, 0.2) is 35.3 Å². The number of ether oxygens (including phenoxy) is 1. The second-order valence-corrected chi connectivity index (χ2v) is 7.66. The summed E-state index contributed by atoms with van der Waals surface area (Å²) in [6.45, 7) is 10.4. The van der Waals surface area contributed by atoms with Crippen LogP contribution in [0.5, 0.6) is 5.75 Å². The van der Waals surface area contributed by atoms with Crippen LogP contribution in [-0.4, -0.2) is 66.1 Å². The van der Waals surface area contributed by atoms with Crippen molar-refractivity contribution in [2.24, 2.45) is 4.99 Å². The SMILES string of the molecule is CCNC(=NCCCCOc1ccccc1)N1CCN(c2nc(CC)ns2)CC1. The fourth-order valence-corrected chi connectivity index (χ4v) is 3.96. The number of rotatable bonds is 9. The number of unbranched alkanes of at least 4 members (excludes halogenated alkanes) is 1. The second kappa shape index (κ2) is 11.6. The molecule has 1 aliphatic heterocycles. The van der Waals surface area contributed by atoms with E-state index in [2.05, 4.69) is 38.3 Å². The molecule has 7 nitrogen and oxygen atoms in total. The van der Waals surface area contributed by atoms with E-state index in [1.807, 2.05) is 30.3 Å². The van der Waals surface area contributed by atoms with Crippen molar-refractivity contribution < 1.29 is 4.74 Å². The smallest absolute Gasteiger partial charge is 0.205 e. The Labute approximate surface area is 178 Å². The van der Waals surface area contributed by atoms with Crippen molar-refractivity contribution >= 4 is 22.6 Å². The van der Waals surface area contributed by atoms with Crippen LogP contribution >= 0.6 is 11.5 Å². The highest BCUT2D eigenvalue weighted by Crippen LogP contribution is 2.19. The lowest BCUT2D eigenvalue weighted by Crippen LogP contribution is -2.52. The summed E-state index contributed by atoms with van der Waals surface area (Å²) >= 11 is 1.51. The van der Waals surface area contributed by atoms with Gasteiger partial charge in [-0.25, -0.2) is 4.98 Å². The molecular weight excluding hydrogens is 384 g/mol. The topological polar surface area (TPSA) is 65.9 Å². The zero-order chi connectivity index (χ0) is 20.3. The molecule has 158 valence electrons. The Hall–Kier alpha value is -2.35. The first kappa shape index (κ1) is 21.4. The number of anilines is 1. The number of hydrogen-bond acceptors (Lipinski definition) is 6. The van der Waals surface area contributed by atoms with Crippen molar-refractivity contribution in [1.82, 2.24) is 19.6 Å². The molecule has 1 aromatic carbocycles. The maximum Gasteiger partial charge on any atom is 0.205 e. The lowest BCUT2D eigenvalue weighted by molar-refractivity contribution is 0.307. The van der Waals surface area contributed by atoms with Crippen molar-refractivity contribution in [1.29, 1.82) is 0 Å². The fourth-order valence-electron chi connectivity index (χ4n) is 3.16. The van der Waals surface area contributed by atoms with Crippen molar-refractivity contribution in [2.45, 2.75) is 33.1 Å². The number of para-hydroxylation sites is 1. The van der Waals surface area contributed by atoms with Crippen molar-refractivity contribution in [3.8, 4) is 5.75 Å². The van der Waals surface area contributed by atoms with E-state index in [0.29, 0.717) is 0 Å². The van der Waals surface area contributed by atoms with E-state index in [1.54, 1.807) is 0 Å². The first-order valence-electron chi connectivity index (χ1n) is 10.6. The lowest BCUT2D eigenvalue weighted by Gasteiger charge is -2.36. The molecule has 0 radical (unpaired) electrons. The summed E-state index contributed by atoms with van der Waals surface area (Å²) in [4.78, 5) is 14.1. The molecule has 1 aliphatic rings. The molecule has 1 fully saturated rings. The van der Waals surface area contributed by atoms with Gasteiger partial charge in [0.15, 0.2) is 5.96 Å². The summed E-state index contributed by atoms with van der Waals surface area (Å²) in [5.41, 5.74) is 0. The van der Waals surface area contributed by atoms with Gasteiger partial charge < -0.3 is 19.9 Å². The second-order valence-electron chi connectivity index (χ2n) is 6.93. The molecule has 29 heavy (non-hydrogen) atoms. The van der Waals surface area contributed by atoms with Crippen LogP contribution in [0, 0.1) is 0 Å². The van der Waals surface area contributed by atoms with E-state index < -0.39 is 0 Å². The van der Waals surface area contributed by atoms with Crippen molar-refractivity contribution in [3.05, 3.63) is 36.2 Å². The van der Waals surface area contributed by atoms with Gasteiger partial charge in [-0.05, 0) is 31.9 Å². The number of aliphatic imine (C=N–C) groups is 1. The van der Waals surface area contributed by atoms with E-state index >= 15 is 0 Å². The van der Waals surface area contributed by atoms with Crippen LogP contribution in [0.3, 0.4) is 0 Å². The van der Waals surface area contributed by atoms with E-state index in [1.165, 1.54) is 11.5 Å². The number of piperazine rings is 1. The van der Waals surface area contributed by atoms with Crippen LogP contribution in [-0.2, 0) is 6.42 Å². The van der Waals surface area contributed by atoms with Gasteiger partial charge in [-0.3, -0.25) is 4.99 Å². The molecule has 0 atom stereocenters. The van der Waals surface area contributed by atoms with Gasteiger partial charge >= 0.3 is 0 Å². The fraction of sp³-hybridized carbons (Fsp3) is 0.571. The average Bonchev–Trinajstić information content (AvgIpc) is 3.25. The molecule has 1 saturated heterocycles. The van der Waals surface area contributed by atoms with E-state index in [9.17, 15) is 0 Å². The van der Waals surface area contributed by atoms with Gasteiger partial charge in [-0.2, -0.15) is 4.37 Å². The first-order chi connectivity index (χ1) is 14.3. The van der Waals surface area contributed by atoms with Crippen LogP contribution in [0.25, 0.3) is 0 Å². The molecule has 8 heteroatoms. The number of nitrogens with zero attached hydrogens (tertiary/aromatic N) is 5. The molecule has 0 unspecified atom stereocenters. The highest BCUT2D eigenvalue weighted by Gasteiger charge is 2.21. The Morgan fingerprint density at radius 1 is 1.14 bits per heavy atom. The van der Waals surface area contributed by atoms with Gasteiger partial charge in [0.05, 0.1) is 6.61 Å². The third-order valence-electron chi connectivity index (χ3n) is 4.78. The maximum atomic E-state index is 5.75. The normalized spacial score (nSPS) is 14.9. The predicted octanol–water partition coefficient (Wildman–Crippen LogP) is 3.05. The monoisotopic (exact) mass is 416 g/mol. The first-order valence-corrected chi connectivity index (χ1v) is 11.4. The third-order valence-corrected chi connectivity index (χ3v) is 5.60. The zero-order valence-electron chi connectivity index (χ0n) is 17.5. The van der Waals surface area contributed by atoms with Crippen LogP contribution in [0.4, 0.5) is 5.13 Å². The molecule has 0 spiro atoms. The van der Waals surface area contributed by atoms with Gasteiger partial charge in [-0.1, -0.05) is 25.1 Å². The van der Waals surface area contributed by atoms with E-state index in [-0.39, 0.29) is 0 Å². The predicted molar refractivity (Wildman–Crippen MR) is 120 cm³/mol. The molecule has 3 rings (SSSR count). The standard InChI is InChI=1S/C21H32N6OS/c1-3-19-24-21(29-25-19)27-15-13-26(14-16-27)20(22-4-2)23-12-8-9-17-28-18-10-6-5-7-11-18/h5-7,10-11H,3-4,8-9,12-17H2,1-2H3,(H,22,23).